The molecule has 7 nitrogen and oxygen atoms in total. The van der Waals surface area contributed by atoms with E-state index in [4.69, 9.17) is 4.74 Å². The zero-order chi connectivity index (χ0) is 22.6. The fraction of sp³-hybridized carbons (Fsp3) is 0.360. The second kappa shape index (κ2) is 9.91. The summed E-state index contributed by atoms with van der Waals surface area (Å²) in [5, 5.41) is 6.98. The van der Waals surface area contributed by atoms with Crippen LogP contribution in [0.1, 0.15) is 33.6 Å². The van der Waals surface area contributed by atoms with Gasteiger partial charge >= 0.3 is 0 Å². The molecule has 33 heavy (non-hydrogen) atoms. The number of morpholine rings is 1. The molecule has 5 rings (SSSR count). The van der Waals surface area contributed by atoms with Crippen LogP contribution in [0.4, 0.5) is 11.4 Å². The lowest BCUT2D eigenvalue weighted by Gasteiger charge is -2.25. The first kappa shape index (κ1) is 21.9. The number of aromatic nitrogens is 1. The Balaban J connectivity index is 1.27. The smallest absolute Gasteiger partial charge is 0.258 e. The maximum absolute atomic E-state index is 13.3. The number of benzene rings is 1. The first-order valence-electron chi connectivity index (χ1n) is 11.5. The molecule has 0 atom stereocenters. The monoisotopic (exact) mass is 464 g/mol. The molecular weight excluding hydrogens is 436 g/mol. The summed E-state index contributed by atoms with van der Waals surface area (Å²) >= 11 is 1.72. The molecular formula is C25H28N4O3S. The zero-order valence-corrected chi connectivity index (χ0v) is 19.3. The Morgan fingerprint density at radius 1 is 0.939 bits per heavy atom. The Kier molecular flexibility index (Phi) is 6.57. The maximum atomic E-state index is 13.3. The van der Waals surface area contributed by atoms with Crippen LogP contribution >= 0.6 is 11.3 Å². The van der Waals surface area contributed by atoms with Gasteiger partial charge in [-0.15, -0.1) is 11.3 Å². The molecule has 1 aliphatic heterocycles. The lowest BCUT2D eigenvalue weighted by atomic mass is 9.95. The third-order valence-electron chi connectivity index (χ3n) is 6.12. The number of carbonyl (C=O) groups is 2. The summed E-state index contributed by atoms with van der Waals surface area (Å²) in [4.78, 5) is 29.1. The van der Waals surface area contributed by atoms with Crippen LogP contribution in [0.3, 0.4) is 0 Å². The fourth-order valence-corrected chi connectivity index (χ4v) is 5.78. The Morgan fingerprint density at radius 2 is 1.61 bits per heavy atom. The SMILES string of the molecule is O=C(CN1CCOCC1)Nc1ccc(NC(=O)c2c(-n3cccc3)sc3c2CCCC3)cc1. The van der Waals surface area contributed by atoms with Crippen molar-refractivity contribution in [3.8, 4) is 5.00 Å². The molecule has 2 amide bonds. The molecule has 2 aliphatic rings. The van der Waals surface area contributed by atoms with E-state index in [1.807, 2.05) is 53.4 Å². The number of amides is 2. The molecule has 1 aliphatic carbocycles. The maximum Gasteiger partial charge on any atom is 0.258 e. The van der Waals surface area contributed by atoms with Gasteiger partial charge in [0.1, 0.15) is 5.00 Å². The van der Waals surface area contributed by atoms with Gasteiger partial charge in [0.25, 0.3) is 5.91 Å². The van der Waals surface area contributed by atoms with Crippen molar-refractivity contribution in [1.29, 1.82) is 0 Å². The number of thiophene rings is 1. The predicted octanol–water partition coefficient (Wildman–Crippen LogP) is 3.94. The van der Waals surface area contributed by atoms with E-state index in [1.54, 1.807) is 11.3 Å². The number of hydrogen-bond donors (Lipinski definition) is 2. The first-order valence-corrected chi connectivity index (χ1v) is 12.3. The van der Waals surface area contributed by atoms with Crippen LogP contribution in [0.2, 0.25) is 0 Å². The van der Waals surface area contributed by atoms with Gasteiger partial charge in [-0.1, -0.05) is 0 Å². The first-order chi connectivity index (χ1) is 16.2. The fourth-order valence-electron chi connectivity index (χ4n) is 4.43. The van der Waals surface area contributed by atoms with Crippen LogP contribution in [0.25, 0.3) is 5.00 Å². The molecule has 8 heteroatoms. The molecule has 172 valence electrons. The summed E-state index contributed by atoms with van der Waals surface area (Å²) in [6.45, 7) is 3.24. The molecule has 0 radical (unpaired) electrons. The molecule has 2 aromatic heterocycles. The largest absolute Gasteiger partial charge is 0.379 e. The number of nitrogens with one attached hydrogen (secondary N) is 2. The predicted molar refractivity (Wildman–Crippen MR) is 131 cm³/mol. The number of hydrogen-bond acceptors (Lipinski definition) is 5. The van der Waals surface area contributed by atoms with Gasteiger partial charge in [0.2, 0.25) is 5.91 Å². The molecule has 2 N–H and O–H groups in total. The summed E-state index contributed by atoms with van der Waals surface area (Å²) in [7, 11) is 0. The van der Waals surface area contributed by atoms with Crippen molar-refractivity contribution in [3.05, 3.63) is 64.8 Å². The number of rotatable bonds is 6. The third-order valence-corrected chi connectivity index (χ3v) is 7.42. The molecule has 0 unspecified atom stereocenters. The second-order valence-corrected chi connectivity index (χ2v) is 9.53. The Hall–Kier alpha value is -2.94. The standard InChI is InChI=1S/C25H28N4O3S/c30-22(17-28-13-15-32-16-14-28)26-18-7-9-19(10-8-18)27-24(31)23-20-5-1-2-6-21(20)33-25(23)29-11-3-4-12-29/h3-4,7-12H,1-2,5-6,13-17H2,(H,26,30)(H,27,31). The number of ether oxygens (including phenoxy) is 1. The van der Waals surface area contributed by atoms with E-state index < -0.39 is 0 Å². The topological polar surface area (TPSA) is 75.6 Å². The minimum atomic E-state index is -0.0813. The molecule has 1 fully saturated rings. The van der Waals surface area contributed by atoms with Gasteiger partial charge in [-0.3, -0.25) is 14.5 Å². The van der Waals surface area contributed by atoms with Crippen LogP contribution < -0.4 is 10.6 Å². The number of fused-ring (bicyclic) bond motifs is 1. The summed E-state index contributed by atoms with van der Waals surface area (Å²) in [5.41, 5.74) is 3.40. The number of carbonyl (C=O) groups excluding carboxylic acids is 2. The Morgan fingerprint density at radius 3 is 2.33 bits per heavy atom. The van der Waals surface area contributed by atoms with E-state index in [0.29, 0.717) is 31.1 Å². The Labute approximate surface area is 197 Å². The van der Waals surface area contributed by atoms with Crippen molar-refractivity contribution in [3.63, 3.8) is 0 Å². The van der Waals surface area contributed by atoms with Crippen LogP contribution in [0, 0.1) is 0 Å². The highest BCUT2D eigenvalue weighted by Gasteiger charge is 2.26. The quantitative estimate of drug-likeness (QED) is 0.579. The summed E-state index contributed by atoms with van der Waals surface area (Å²) < 4.78 is 7.35. The van der Waals surface area contributed by atoms with Crippen LogP contribution in [-0.2, 0) is 22.4 Å². The molecule has 1 saturated heterocycles. The third kappa shape index (κ3) is 5.03. The zero-order valence-electron chi connectivity index (χ0n) is 18.5. The summed E-state index contributed by atoms with van der Waals surface area (Å²) in [5.74, 6) is -0.128. The highest BCUT2D eigenvalue weighted by atomic mass is 32.1. The second-order valence-electron chi connectivity index (χ2n) is 8.45. The van der Waals surface area contributed by atoms with Crippen molar-refractivity contribution in [2.24, 2.45) is 0 Å². The van der Waals surface area contributed by atoms with Gasteiger partial charge in [-0.2, -0.15) is 0 Å². The minimum Gasteiger partial charge on any atom is -0.379 e. The van der Waals surface area contributed by atoms with Gasteiger partial charge in [0, 0.05) is 41.7 Å². The van der Waals surface area contributed by atoms with E-state index in [-0.39, 0.29) is 11.8 Å². The van der Waals surface area contributed by atoms with Gasteiger partial charge in [-0.05, 0) is 67.6 Å². The van der Waals surface area contributed by atoms with Crippen molar-refractivity contribution in [2.75, 3.05) is 43.5 Å². The lowest BCUT2D eigenvalue weighted by Crippen LogP contribution is -2.41. The van der Waals surface area contributed by atoms with E-state index in [9.17, 15) is 9.59 Å². The minimum absolute atomic E-state index is 0.0463. The highest BCUT2D eigenvalue weighted by molar-refractivity contribution is 7.15. The lowest BCUT2D eigenvalue weighted by molar-refractivity contribution is -0.118. The molecule has 0 spiro atoms. The van der Waals surface area contributed by atoms with Gasteiger partial charge in [-0.25, -0.2) is 0 Å². The van der Waals surface area contributed by atoms with Crippen molar-refractivity contribution in [1.82, 2.24) is 9.47 Å². The van der Waals surface area contributed by atoms with Crippen molar-refractivity contribution < 1.29 is 14.3 Å². The van der Waals surface area contributed by atoms with Crippen molar-refractivity contribution >= 4 is 34.5 Å². The average molecular weight is 465 g/mol. The summed E-state index contributed by atoms with van der Waals surface area (Å²) in [6, 6.07) is 11.3. The normalized spacial score (nSPS) is 16.2. The van der Waals surface area contributed by atoms with Crippen molar-refractivity contribution in [2.45, 2.75) is 25.7 Å². The highest BCUT2D eigenvalue weighted by Crippen LogP contribution is 2.37. The molecule has 3 aromatic rings. The van der Waals surface area contributed by atoms with Gasteiger partial charge in [0.15, 0.2) is 0 Å². The summed E-state index contributed by atoms with van der Waals surface area (Å²) in [6.07, 6.45) is 8.27. The van der Waals surface area contributed by atoms with Crippen LogP contribution in [-0.4, -0.2) is 54.1 Å². The molecule has 0 bridgehead atoms. The van der Waals surface area contributed by atoms with Gasteiger partial charge < -0.3 is 19.9 Å². The van der Waals surface area contributed by atoms with Crippen LogP contribution in [0.5, 0.6) is 0 Å². The number of aryl methyl sites for hydroxylation is 1. The molecule has 3 heterocycles. The van der Waals surface area contributed by atoms with E-state index in [0.717, 1.165) is 42.9 Å². The van der Waals surface area contributed by atoms with Crippen LogP contribution in [0.15, 0.2) is 48.8 Å². The van der Waals surface area contributed by atoms with E-state index in [1.165, 1.54) is 16.9 Å². The van der Waals surface area contributed by atoms with Gasteiger partial charge in [0.05, 0.1) is 25.3 Å². The molecule has 0 saturated carbocycles. The number of nitrogens with zero attached hydrogens (tertiary/aromatic N) is 2. The van der Waals surface area contributed by atoms with E-state index in [2.05, 4.69) is 15.5 Å². The molecule has 1 aromatic carbocycles. The van der Waals surface area contributed by atoms with E-state index >= 15 is 0 Å². The number of anilines is 2. The average Bonchev–Trinajstić information content (AvgIpc) is 3.49. The Bertz CT molecular complexity index is 1120.